The van der Waals surface area contributed by atoms with Gasteiger partial charge < -0.3 is 9.30 Å². The maximum Gasteiger partial charge on any atom is 0.227 e. The molecule has 1 atom stereocenters. The van der Waals surface area contributed by atoms with E-state index in [0.717, 1.165) is 31.4 Å². The average Bonchev–Trinajstić information content (AvgIpc) is 3.36. The smallest absolute Gasteiger partial charge is 0.227 e. The van der Waals surface area contributed by atoms with Crippen molar-refractivity contribution in [3.63, 3.8) is 0 Å². The lowest BCUT2D eigenvalue weighted by Gasteiger charge is -2.25. The summed E-state index contributed by atoms with van der Waals surface area (Å²) in [6, 6.07) is 4.44. The van der Waals surface area contributed by atoms with Crippen molar-refractivity contribution in [2.24, 2.45) is 5.92 Å². The van der Waals surface area contributed by atoms with Crippen LogP contribution in [0.2, 0.25) is 0 Å². The molecular formula is C21H33N3O3S2. The van der Waals surface area contributed by atoms with E-state index in [4.69, 9.17) is 4.74 Å². The van der Waals surface area contributed by atoms with Crippen LogP contribution >= 0.6 is 11.3 Å². The first kappa shape index (κ1) is 22.5. The summed E-state index contributed by atoms with van der Waals surface area (Å²) in [6.45, 7) is 3.75. The maximum atomic E-state index is 13.2. The molecule has 0 amide bonds. The molecule has 0 bridgehead atoms. The summed E-state index contributed by atoms with van der Waals surface area (Å²) in [5, 5.41) is 2.28. The van der Waals surface area contributed by atoms with E-state index in [1.165, 1.54) is 11.3 Å². The topological polar surface area (TPSA) is 64.4 Å². The van der Waals surface area contributed by atoms with Crippen molar-refractivity contribution in [3.05, 3.63) is 34.3 Å². The molecule has 8 heteroatoms. The molecule has 1 aliphatic rings. The van der Waals surface area contributed by atoms with Crippen LogP contribution in [-0.4, -0.2) is 49.4 Å². The van der Waals surface area contributed by atoms with Crippen molar-refractivity contribution in [1.82, 2.24) is 14.5 Å². The van der Waals surface area contributed by atoms with Gasteiger partial charge in [-0.2, -0.15) is 0 Å². The van der Waals surface area contributed by atoms with E-state index >= 15 is 0 Å². The summed E-state index contributed by atoms with van der Waals surface area (Å²) < 4.78 is 33.4. The first-order valence-electron chi connectivity index (χ1n) is 10.4. The minimum Gasteiger partial charge on any atom is -0.383 e. The Morgan fingerprint density at radius 1 is 1.34 bits per heavy atom. The summed E-state index contributed by atoms with van der Waals surface area (Å²) in [5.74, 6) is 0.462. The van der Waals surface area contributed by atoms with Gasteiger partial charge in [-0.25, -0.2) is 13.4 Å². The Labute approximate surface area is 178 Å². The Hall–Kier alpha value is -1.22. The number of sulfone groups is 1. The lowest BCUT2D eigenvalue weighted by molar-refractivity contribution is 0.180. The van der Waals surface area contributed by atoms with Gasteiger partial charge in [0, 0.05) is 31.1 Å². The average molecular weight is 440 g/mol. The number of aromatic nitrogens is 2. The zero-order valence-electron chi connectivity index (χ0n) is 17.7. The standard InChI is InChI=1S/C21H33N3O3S2/c1-17(20-10-7-13-28-20)23(2)15-19-14-22-21(24(19)11-12-27-3)29(25,26)16-18-8-5-4-6-9-18/h7,10,13-14,17-18H,4-6,8-9,11-12,15-16H2,1-3H3/t17-/m0/s1. The lowest BCUT2D eigenvalue weighted by atomic mass is 9.91. The van der Waals surface area contributed by atoms with Crippen molar-refractivity contribution in [1.29, 1.82) is 0 Å². The Morgan fingerprint density at radius 3 is 2.76 bits per heavy atom. The quantitative estimate of drug-likeness (QED) is 0.557. The number of imidazole rings is 1. The van der Waals surface area contributed by atoms with E-state index in [9.17, 15) is 8.42 Å². The van der Waals surface area contributed by atoms with Crippen LogP contribution in [0.4, 0.5) is 0 Å². The molecule has 2 aromatic heterocycles. The molecule has 0 unspecified atom stereocenters. The van der Waals surface area contributed by atoms with Crippen LogP contribution in [0.3, 0.4) is 0 Å². The molecule has 0 aromatic carbocycles. The van der Waals surface area contributed by atoms with Gasteiger partial charge in [0.25, 0.3) is 0 Å². The number of methoxy groups -OCH3 is 1. The molecule has 162 valence electrons. The Balaban J connectivity index is 1.80. The molecular weight excluding hydrogens is 406 g/mol. The number of nitrogens with zero attached hydrogens (tertiary/aromatic N) is 3. The second-order valence-corrected chi connectivity index (χ2v) is 11.0. The predicted molar refractivity (Wildman–Crippen MR) is 117 cm³/mol. The molecule has 0 radical (unpaired) electrons. The van der Waals surface area contributed by atoms with Crippen LogP contribution in [0.5, 0.6) is 0 Å². The number of hydrogen-bond donors (Lipinski definition) is 0. The van der Waals surface area contributed by atoms with Crippen LogP contribution < -0.4 is 0 Å². The van der Waals surface area contributed by atoms with Crippen LogP contribution in [0, 0.1) is 5.92 Å². The highest BCUT2D eigenvalue weighted by Gasteiger charge is 2.28. The first-order chi connectivity index (χ1) is 13.9. The minimum atomic E-state index is -3.42. The van der Waals surface area contributed by atoms with Gasteiger partial charge in [-0.1, -0.05) is 25.3 Å². The van der Waals surface area contributed by atoms with Crippen molar-refractivity contribution in [2.45, 2.75) is 63.3 Å². The molecule has 0 spiro atoms. The minimum absolute atomic E-state index is 0.201. The zero-order valence-corrected chi connectivity index (χ0v) is 19.3. The molecule has 3 rings (SSSR count). The van der Waals surface area contributed by atoms with E-state index in [1.807, 2.05) is 4.57 Å². The SMILES string of the molecule is COCCn1c(CN(C)[C@@H](C)c2cccs2)cnc1S(=O)(=O)CC1CCCCC1. The molecule has 0 aliphatic heterocycles. The van der Waals surface area contributed by atoms with E-state index in [-0.39, 0.29) is 22.9 Å². The van der Waals surface area contributed by atoms with Gasteiger partial charge in [0.15, 0.2) is 0 Å². The van der Waals surface area contributed by atoms with Gasteiger partial charge in [-0.05, 0) is 44.2 Å². The van der Waals surface area contributed by atoms with E-state index in [0.29, 0.717) is 19.7 Å². The van der Waals surface area contributed by atoms with Gasteiger partial charge in [0.2, 0.25) is 15.0 Å². The predicted octanol–water partition coefficient (Wildman–Crippen LogP) is 4.14. The summed E-state index contributed by atoms with van der Waals surface area (Å²) in [5.41, 5.74) is 0.912. The fourth-order valence-corrected chi connectivity index (χ4v) is 6.77. The summed E-state index contributed by atoms with van der Waals surface area (Å²) in [7, 11) is 0.281. The van der Waals surface area contributed by atoms with Crippen LogP contribution in [0.25, 0.3) is 0 Å². The fraction of sp³-hybridized carbons (Fsp3) is 0.667. The van der Waals surface area contributed by atoms with Crippen molar-refractivity contribution in [3.8, 4) is 0 Å². The van der Waals surface area contributed by atoms with Crippen molar-refractivity contribution >= 4 is 21.2 Å². The maximum absolute atomic E-state index is 13.2. The molecule has 1 aliphatic carbocycles. The lowest BCUT2D eigenvalue weighted by Crippen LogP contribution is -2.26. The second kappa shape index (κ2) is 10.2. The molecule has 2 aromatic rings. The van der Waals surface area contributed by atoms with Gasteiger partial charge in [0.05, 0.1) is 24.3 Å². The largest absolute Gasteiger partial charge is 0.383 e. The third kappa shape index (κ3) is 5.69. The number of thiophene rings is 1. The van der Waals surface area contributed by atoms with Gasteiger partial charge in [-0.15, -0.1) is 11.3 Å². The summed E-state index contributed by atoms with van der Waals surface area (Å²) in [4.78, 5) is 7.89. The van der Waals surface area contributed by atoms with Crippen LogP contribution in [0.1, 0.15) is 55.6 Å². The van der Waals surface area contributed by atoms with Gasteiger partial charge in [-0.3, -0.25) is 4.90 Å². The number of ether oxygens (including phenoxy) is 1. The summed E-state index contributed by atoms with van der Waals surface area (Å²) >= 11 is 1.74. The third-order valence-corrected chi connectivity index (χ3v) is 8.74. The van der Waals surface area contributed by atoms with E-state index in [1.54, 1.807) is 24.6 Å². The van der Waals surface area contributed by atoms with Crippen molar-refractivity contribution in [2.75, 3.05) is 26.5 Å². The van der Waals surface area contributed by atoms with Crippen LogP contribution in [0.15, 0.2) is 28.9 Å². The zero-order chi connectivity index (χ0) is 20.9. The Bertz CT molecular complexity index is 856. The molecule has 29 heavy (non-hydrogen) atoms. The second-order valence-electron chi connectivity index (χ2n) is 8.07. The molecule has 1 saturated carbocycles. The highest BCUT2D eigenvalue weighted by Crippen LogP contribution is 2.28. The normalized spacial score (nSPS) is 17.1. The molecule has 0 N–H and O–H groups in total. The Morgan fingerprint density at radius 2 is 2.10 bits per heavy atom. The summed E-state index contributed by atoms with van der Waals surface area (Å²) in [6.07, 6.45) is 7.22. The van der Waals surface area contributed by atoms with E-state index in [2.05, 4.69) is 41.4 Å². The molecule has 0 saturated heterocycles. The number of rotatable bonds is 10. The highest BCUT2D eigenvalue weighted by atomic mass is 32.2. The molecule has 2 heterocycles. The van der Waals surface area contributed by atoms with Gasteiger partial charge in [0.1, 0.15) is 0 Å². The van der Waals surface area contributed by atoms with Crippen LogP contribution in [-0.2, 0) is 27.7 Å². The fourth-order valence-electron chi connectivity index (χ4n) is 4.07. The molecule has 6 nitrogen and oxygen atoms in total. The highest BCUT2D eigenvalue weighted by molar-refractivity contribution is 7.91. The first-order valence-corrected chi connectivity index (χ1v) is 13.0. The molecule has 1 fully saturated rings. The van der Waals surface area contributed by atoms with Gasteiger partial charge >= 0.3 is 0 Å². The monoisotopic (exact) mass is 439 g/mol. The van der Waals surface area contributed by atoms with E-state index < -0.39 is 9.84 Å². The van der Waals surface area contributed by atoms with Crippen molar-refractivity contribution < 1.29 is 13.2 Å². The number of hydrogen-bond acceptors (Lipinski definition) is 6. The Kier molecular flexibility index (Phi) is 7.90. The third-order valence-electron chi connectivity index (χ3n) is 5.91.